The maximum Gasteiger partial charge on any atom is 0.136 e. The van der Waals surface area contributed by atoms with Crippen molar-refractivity contribution in [3.05, 3.63) is 188 Å². The molecule has 3 heteroatoms. The van der Waals surface area contributed by atoms with Crippen molar-refractivity contribution in [2.24, 2.45) is 4.99 Å². The van der Waals surface area contributed by atoms with Crippen LogP contribution in [0.4, 0.5) is 0 Å². The highest BCUT2D eigenvalue weighted by atomic mass is 16.3. The molecule has 8 rings (SSSR count). The maximum absolute atomic E-state index is 6.33. The predicted molar refractivity (Wildman–Crippen MR) is 199 cm³/mol. The van der Waals surface area contributed by atoms with E-state index in [1.165, 1.54) is 16.2 Å². The van der Waals surface area contributed by atoms with Crippen LogP contribution in [0.25, 0.3) is 60.3 Å². The van der Waals surface area contributed by atoms with E-state index in [-0.39, 0.29) is 6.04 Å². The first-order chi connectivity index (χ1) is 23.2. The molecule has 0 aliphatic heterocycles. The number of para-hydroxylation sites is 1. The van der Waals surface area contributed by atoms with Gasteiger partial charge in [0.1, 0.15) is 17.0 Å². The molecule has 3 nitrogen and oxygen atoms in total. The zero-order valence-electron chi connectivity index (χ0n) is 25.9. The van der Waals surface area contributed by atoms with Crippen LogP contribution in [-0.4, -0.2) is 5.84 Å². The van der Waals surface area contributed by atoms with Crippen LogP contribution >= 0.6 is 0 Å². The van der Waals surface area contributed by atoms with Crippen molar-refractivity contribution in [3.8, 4) is 11.1 Å². The lowest BCUT2D eigenvalue weighted by Gasteiger charge is -2.20. The molecule has 47 heavy (non-hydrogen) atoms. The monoisotopic (exact) mass is 604 g/mol. The molecule has 0 aliphatic carbocycles. The number of fused-ring (bicyclic) bond motifs is 5. The van der Waals surface area contributed by atoms with Crippen molar-refractivity contribution in [3.63, 3.8) is 0 Å². The van der Waals surface area contributed by atoms with Gasteiger partial charge in [0.05, 0.1) is 6.04 Å². The molecule has 0 fully saturated rings. The third-order valence-corrected chi connectivity index (χ3v) is 8.83. The topological polar surface area (TPSA) is 37.5 Å². The Labute approximate surface area is 273 Å². The van der Waals surface area contributed by atoms with Crippen LogP contribution in [0, 0.1) is 0 Å². The van der Waals surface area contributed by atoms with E-state index in [0.29, 0.717) is 5.84 Å². The quantitative estimate of drug-likeness (QED) is 0.112. The Morgan fingerprint density at radius 2 is 1.30 bits per heavy atom. The lowest BCUT2D eigenvalue weighted by molar-refractivity contribution is 0.669. The summed E-state index contributed by atoms with van der Waals surface area (Å²) in [7, 11) is 0. The molecule has 0 radical (unpaired) electrons. The lowest BCUT2D eigenvalue weighted by Crippen LogP contribution is -2.24. The van der Waals surface area contributed by atoms with E-state index in [1.807, 2.05) is 30.3 Å². The molecule has 1 unspecified atom stereocenters. The summed E-state index contributed by atoms with van der Waals surface area (Å²) in [4.78, 5) is 5.35. The molecule has 224 valence electrons. The highest BCUT2D eigenvalue weighted by Gasteiger charge is 2.20. The Kier molecular flexibility index (Phi) is 7.20. The largest absolute Gasteiger partial charge is 0.456 e. The zero-order valence-corrected chi connectivity index (χ0v) is 25.9. The van der Waals surface area contributed by atoms with Gasteiger partial charge < -0.3 is 9.73 Å². The molecular formula is C44H32N2O. The van der Waals surface area contributed by atoms with Crippen molar-refractivity contribution >= 4 is 55.0 Å². The van der Waals surface area contributed by atoms with Crippen LogP contribution in [0.3, 0.4) is 0 Å². The molecule has 1 atom stereocenters. The number of amidine groups is 1. The van der Waals surface area contributed by atoms with Crippen LogP contribution in [0.2, 0.25) is 0 Å². The van der Waals surface area contributed by atoms with Gasteiger partial charge in [0, 0.05) is 27.6 Å². The summed E-state index contributed by atoms with van der Waals surface area (Å²) in [5.41, 5.74) is 7.56. The highest BCUT2D eigenvalue weighted by molar-refractivity contribution is 6.15. The molecule has 1 heterocycles. The van der Waals surface area contributed by atoms with Crippen molar-refractivity contribution in [1.82, 2.24) is 5.32 Å². The first kappa shape index (κ1) is 28.3. The molecule has 1 N–H and O–H groups in total. The van der Waals surface area contributed by atoms with Crippen molar-refractivity contribution < 1.29 is 4.42 Å². The summed E-state index contributed by atoms with van der Waals surface area (Å²) in [6.07, 6.45) is 1.90. The van der Waals surface area contributed by atoms with Gasteiger partial charge in [-0.1, -0.05) is 134 Å². The SMILES string of the molecule is C=CC(N=C(NC(=C)c1c(-c2ccccc2)ccc2oc3ccccc3c12)c1ccc2ccccc2c1)c1ccc2ccccc2c1. The van der Waals surface area contributed by atoms with Gasteiger partial charge in [0.25, 0.3) is 0 Å². The molecular weight excluding hydrogens is 572 g/mol. The average molecular weight is 605 g/mol. The van der Waals surface area contributed by atoms with Gasteiger partial charge in [-0.05, 0) is 68.6 Å². The second-order valence-corrected chi connectivity index (χ2v) is 11.8. The molecule has 8 aromatic rings. The third-order valence-electron chi connectivity index (χ3n) is 8.83. The molecule has 0 bridgehead atoms. The van der Waals surface area contributed by atoms with Crippen LogP contribution < -0.4 is 5.32 Å². The van der Waals surface area contributed by atoms with E-state index < -0.39 is 0 Å². The molecule has 0 saturated heterocycles. The van der Waals surface area contributed by atoms with Crippen LogP contribution in [-0.2, 0) is 0 Å². The molecule has 7 aromatic carbocycles. The Bertz CT molecular complexity index is 2490. The summed E-state index contributed by atoms with van der Waals surface area (Å²) >= 11 is 0. The number of nitrogens with zero attached hydrogens (tertiary/aromatic N) is 1. The van der Waals surface area contributed by atoms with Gasteiger partial charge in [-0.3, -0.25) is 4.99 Å². The number of hydrogen-bond donors (Lipinski definition) is 1. The van der Waals surface area contributed by atoms with E-state index in [4.69, 9.17) is 9.41 Å². The van der Waals surface area contributed by atoms with E-state index in [9.17, 15) is 0 Å². The molecule has 0 amide bonds. The number of hydrogen-bond acceptors (Lipinski definition) is 2. The number of furan rings is 1. The molecule has 0 spiro atoms. The number of benzene rings is 7. The number of aliphatic imine (C=N–C) groups is 1. The zero-order chi connectivity index (χ0) is 31.7. The van der Waals surface area contributed by atoms with Gasteiger partial charge in [-0.2, -0.15) is 0 Å². The van der Waals surface area contributed by atoms with Gasteiger partial charge in [-0.15, -0.1) is 6.58 Å². The molecule has 1 aromatic heterocycles. The van der Waals surface area contributed by atoms with Gasteiger partial charge >= 0.3 is 0 Å². The van der Waals surface area contributed by atoms with Gasteiger partial charge in [0.2, 0.25) is 0 Å². The Morgan fingerprint density at radius 3 is 2.06 bits per heavy atom. The minimum Gasteiger partial charge on any atom is -0.456 e. The number of rotatable bonds is 7. The van der Waals surface area contributed by atoms with Crippen molar-refractivity contribution in [2.75, 3.05) is 0 Å². The molecule has 0 saturated carbocycles. The van der Waals surface area contributed by atoms with Crippen LogP contribution in [0.5, 0.6) is 0 Å². The van der Waals surface area contributed by atoms with E-state index >= 15 is 0 Å². The normalized spacial score (nSPS) is 12.5. The maximum atomic E-state index is 6.33. The summed E-state index contributed by atoms with van der Waals surface area (Å²) in [5.74, 6) is 0.711. The van der Waals surface area contributed by atoms with Gasteiger partial charge in [-0.25, -0.2) is 0 Å². The van der Waals surface area contributed by atoms with E-state index in [0.717, 1.165) is 60.8 Å². The Hall–Kier alpha value is -6.19. The first-order valence-corrected chi connectivity index (χ1v) is 15.8. The van der Waals surface area contributed by atoms with E-state index in [2.05, 4.69) is 146 Å². The summed E-state index contributed by atoms with van der Waals surface area (Å²) in [6, 6.07) is 52.2. The highest BCUT2D eigenvalue weighted by Crippen LogP contribution is 2.39. The second-order valence-electron chi connectivity index (χ2n) is 11.8. The fourth-order valence-corrected chi connectivity index (χ4v) is 6.50. The smallest absolute Gasteiger partial charge is 0.136 e. The third kappa shape index (κ3) is 5.28. The second kappa shape index (κ2) is 12.0. The minimum atomic E-state index is -0.291. The summed E-state index contributed by atoms with van der Waals surface area (Å²) < 4.78 is 6.33. The fraction of sp³-hybridized carbons (Fsp3) is 0.0227. The van der Waals surface area contributed by atoms with Crippen LogP contribution in [0.1, 0.15) is 22.7 Å². The Balaban J connectivity index is 1.31. The predicted octanol–water partition coefficient (Wildman–Crippen LogP) is 11.5. The first-order valence-electron chi connectivity index (χ1n) is 15.8. The van der Waals surface area contributed by atoms with Crippen LogP contribution in [0.15, 0.2) is 180 Å². The standard InChI is InChI=1S/C44H32N2O/c1-3-39(35-23-21-30-13-7-9-17-33(30)27-35)46-44(36-24-22-31-14-8-10-18-34(31)28-36)45-29(2)42-37(32-15-5-4-6-16-32)25-26-41-43(42)38-19-11-12-20-40(38)47-41/h3-28,39H,1-2H2,(H,45,46). The van der Waals surface area contributed by atoms with Gasteiger partial charge in [0.15, 0.2) is 0 Å². The lowest BCUT2D eigenvalue weighted by atomic mass is 9.93. The van der Waals surface area contributed by atoms with Crippen molar-refractivity contribution in [1.29, 1.82) is 0 Å². The minimum absolute atomic E-state index is 0.291. The summed E-state index contributed by atoms with van der Waals surface area (Å²) in [5, 5.41) is 10.4. The van der Waals surface area contributed by atoms with E-state index in [1.54, 1.807) is 0 Å². The number of nitrogens with one attached hydrogen (secondary N) is 1. The Morgan fingerprint density at radius 1 is 0.638 bits per heavy atom. The van der Waals surface area contributed by atoms with Crippen molar-refractivity contribution in [2.45, 2.75) is 6.04 Å². The average Bonchev–Trinajstić information content (AvgIpc) is 3.51. The summed E-state index contributed by atoms with van der Waals surface area (Å²) in [6.45, 7) is 8.87. The fourth-order valence-electron chi connectivity index (χ4n) is 6.50. The molecule has 0 aliphatic rings.